The number of nitrogens with one attached hydrogen (secondary N) is 1. The molecule has 0 radical (unpaired) electrons. The highest BCUT2D eigenvalue weighted by molar-refractivity contribution is 6.05. The smallest absolute Gasteiger partial charge is 0.255 e. The number of carbonyl (C=O) groups is 1. The summed E-state index contributed by atoms with van der Waals surface area (Å²) in [7, 11) is 1.51. The predicted octanol–water partition coefficient (Wildman–Crippen LogP) is 3.73. The van der Waals surface area contributed by atoms with Crippen LogP contribution in [0.3, 0.4) is 0 Å². The third-order valence-corrected chi connectivity index (χ3v) is 3.66. The number of halogens is 1. The Labute approximate surface area is 144 Å². The van der Waals surface area contributed by atoms with Crippen LogP contribution in [0.2, 0.25) is 0 Å². The van der Waals surface area contributed by atoms with Crippen molar-refractivity contribution in [2.24, 2.45) is 0 Å². The molecule has 1 aromatic heterocycles. The average Bonchev–Trinajstić information content (AvgIpc) is 2.63. The van der Waals surface area contributed by atoms with E-state index in [4.69, 9.17) is 10.5 Å². The Morgan fingerprint density at radius 3 is 2.60 bits per heavy atom. The summed E-state index contributed by atoms with van der Waals surface area (Å²) in [6.07, 6.45) is 1.48. The van der Waals surface area contributed by atoms with E-state index >= 15 is 0 Å². The zero-order valence-corrected chi connectivity index (χ0v) is 13.5. The molecule has 0 aliphatic carbocycles. The summed E-state index contributed by atoms with van der Waals surface area (Å²) in [5.74, 6) is -0.164. The number of methoxy groups -OCH3 is 1. The summed E-state index contributed by atoms with van der Waals surface area (Å²) >= 11 is 0. The number of anilines is 2. The van der Waals surface area contributed by atoms with Crippen LogP contribution < -0.4 is 15.8 Å². The van der Waals surface area contributed by atoms with E-state index in [-0.39, 0.29) is 11.7 Å². The molecule has 0 aliphatic rings. The van der Waals surface area contributed by atoms with Crippen LogP contribution in [0.5, 0.6) is 5.75 Å². The molecule has 1 heterocycles. The van der Waals surface area contributed by atoms with Crippen LogP contribution in [0.25, 0.3) is 11.3 Å². The van der Waals surface area contributed by atoms with Crippen molar-refractivity contribution in [2.45, 2.75) is 0 Å². The first kappa shape index (κ1) is 16.4. The molecule has 25 heavy (non-hydrogen) atoms. The van der Waals surface area contributed by atoms with E-state index in [0.29, 0.717) is 33.9 Å². The normalized spacial score (nSPS) is 10.3. The number of amides is 1. The fraction of sp³-hybridized carbons (Fsp3) is 0.0526. The Balaban J connectivity index is 1.76. The van der Waals surface area contributed by atoms with Crippen molar-refractivity contribution >= 4 is 17.3 Å². The minimum Gasteiger partial charge on any atom is -0.495 e. The first-order chi connectivity index (χ1) is 12.1. The van der Waals surface area contributed by atoms with Crippen LogP contribution in [0.1, 0.15) is 10.4 Å². The maximum atomic E-state index is 13.8. The third kappa shape index (κ3) is 3.58. The van der Waals surface area contributed by atoms with Gasteiger partial charge in [0, 0.05) is 11.1 Å². The van der Waals surface area contributed by atoms with Gasteiger partial charge in [-0.3, -0.25) is 9.78 Å². The Bertz CT molecular complexity index is 911. The summed E-state index contributed by atoms with van der Waals surface area (Å²) in [4.78, 5) is 16.5. The molecule has 3 N–H and O–H groups in total. The molecule has 0 saturated carbocycles. The van der Waals surface area contributed by atoms with Gasteiger partial charge in [-0.2, -0.15) is 0 Å². The maximum absolute atomic E-state index is 13.8. The highest BCUT2D eigenvalue weighted by Crippen LogP contribution is 2.24. The van der Waals surface area contributed by atoms with Gasteiger partial charge < -0.3 is 15.8 Å². The molecular weight excluding hydrogens is 321 g/mol. The quantitative estimate of drug-likeness (QED) is 0.711. The van der Waals surface area contributed by atoms with E-state index in [1.807, 2.05) is 0 Å². The number of nitrogen functional groups attached to an aromatic ring is 1. The van der Waals surface area contributed by atoms with Crippen molar-refractivity contribution in [3.63, 3.8) is 0 Å². The van der Waals surface area contributed by atoms with Gasteiger partial charge in [0.05, 0.1) is 30.4 Å². The number of ether oxygens (including phenoxy) is 1. The Hall–Kier alpha value is -3.41. The molecule has 6 heteroatoms. The molecule has 1 amide bonds. The SMILES string of the molecule is COc1ccc(C(=O)Nc2ccc(-c3ccccc3F)nc2)cc1N. The van der Waals surface area contributed by atoms with Gasteiger partial charge in [0.1, 0.15) is 11.6 Å². The van der Waals surface area contributed by atoms with E-state index in [0.717, 1.165) is 0 Å². The molecule has 3 rings (SSSR count). The number of benzene rings is 2. The van der Waals surface area contributed by atoms with Gasteiger partial charge in [-0.15, -0.1) is 0 Å². The molecule has 0 aliphatic heterocycles. The number of nitrogens with two attached hydrogens (primary N) is 1. The van der Waals surface area contributed by atoms with E-state index in [1.165, 1.54) is 25.4 Å². The molecule has 0 unspecified atom stereocenters. The predicted molar refractivity (Wildman–Crippen MR) is 95.0 cm³/mol. The number of pyridine rings is 1. The molecular formula is C19H16FN3O2. The van der Waals surface area contributed by atoms with E-state index < -0.39 is 0 Å². The fourth-order valence-corrected chi connectivity index (χ4v) is 2.37. The Morgan fingerprint density at radius 1 is 1.16 bits per heavy atom. The highest BCUT2D eigenvalue weighted by atomic mass is 19.1. The maximum Gasteiger partial charge on any atom is 0.255 e. The van der Waals surface area contributed by atoms with E-state index in [2.05, 4.69) is 10.3 Å². The molecule has 0 fully saturated rings. The van der Waals surface area contributed by atoms with Crippen LogP contribution in [-0.4, -0.2) is 18.0 Å². The van der Waals surface area contributed by atoms with Crippen LogP contribution >= 0.6 is 0 Å². The zero-order valence-electron chi connectivity index (χ0n) is 13.5. The lowest BCUT2D eigenvalue weighted by atomic mass is 10.1. The summed E-state index contributed by atoms with van der Waals surface area (Å²) in [6, 6.07) is 14.5. The number of hydrogen-bond donors (Lipinski definition) is 2. The minimum absolute atomic E-state index is 0.324. The minimum atomic E-state index is -0.347. The number of aromatic nitrogens is 1. The van der Waals surface area contributed by atoms with Gasteiger partial charge in [-0.25, -0.2) is 4.39 Å². The standard InChI is InChI=1S/C19H16FN3O2/c1-25-18-9-6-12(10-16(18)21)19(24)23-13-7-8-17(22-11-13)14-4-2-3-5-15(14)20/h2-11H,21H2,1H3,(H,23,24). The third-order valence-electron chi connectivity index (χ3n) is 3.66. The first-order valence-corrected chi connectivity index (χ1v) is 7.54. The van der Waals surface area contributed by atoms with Gasteiger partial charge in [0.2, 0.25) is 0 Å². The zero-order chi connectivity index (χ0) is 17.8. The second-order valence-electron chi connectivity index (χ2n) is 5.32. The van der Waals surface area contributed by atoms with Gasteiger partial charge in [0.25, 0.3) is 5.91 Å². The van der Waals surface area contributed by atoms with Crippen molar-refractivity contribution in [3.05, 3.63) is 72.2 Å². The van der Waals surface area contributed by atoms with Crippen LogP contribution in [0.4, 0.5) is 15.8 Å². The van der Waals surface area contributed by atoms with Crippen LogP contribution in [0, 0.1) is 5.82 Å². The van der Waals surface area contributed by atoms with E-state index in [9.17, 15) is 9.18 Å². The first-order valence-electron chi connectivity index (χ1n) is 7.54. The van der Waals surface area contributed by atoms with Crippen molar-refractivity contribution in [2.75, 3.05) is 18.2 Å². The molecule has 126 valence electrons. The van der Waals surface area contributed by atoms with Crippen molar-refractivity contribution in [3.8, 4) is 17.0 Å². The summed E-state index contributed by atoms with van der Waals surface area (Å²) in [5.41, 5.74) is 7.98. The van der Waals surface area contributed by atoms with Crippen LogP contribution in [0.15, 0.2) is 60.8 Å². The highest BCUT2D eigenvalue weighted by Gasteiger charge is 2.10. The molecule has 0 saturated heterocycles. The summed E-state index contributed by atoms with van der Waals surface area (Å²) in [6.45, 7) is 0. The summed E-state index contributed by atoms with van der Waals surface area (Å²) in [5, 5.41) is 2.72. The molecule has 0 atom stereocenters. The van der Waals surface area contributed by atoms with Gasteiger partial charge >= 0.3 is 0 Å². The molecule has 0 spiro atoms. The van der Waals surface area contributed by atoms with Crippen molar-refractivity contribution in [1.82, 2.24) is 4.98 Å². The average molecular weight is 337 g/mol. The van der Waals surface area contributed by atoms with Crippen molar-refractivity contribution < 1.29 is 13.9 Å². The molecule has 5 nitrogen and oxygen atoms in total. The Morgan fingerprint density at radius 2 is 1.96 bits per heavy atom. The number of rotatable bonds is 4. The monoisotopic (exact) mass is 337 g/mol. The molecule has 2 aromatic carbocycles. The summed E-state index contributed by atoms with van der Waals surface area (Å²) < 4.78 is 18.8. The largest absolute Gasteiger partial charge is 0.495 e. The second kappa shape index (κ2) is 7.00. The van der Waals surface area contributed by atoms with Gasteiger partial charge in [0.15, 0.2) is 0 Å². The number of carbonyl (C=O) groups excluding carboxylic acids is 1. The topological polar surface area (TPSA) is 77.2 Å². The Kier molecular flexibility index (Phi) is 4.61. The second-order valence-corrected chi connectivity index (χ2v) is 5.32. The van der Waals surface area contributed by atoms with Crippen LogP contribution in [-0.2, 0) is 0 Å². The van der Waals surface area contributed by atoms with Crippen molar-refractivity contribution in [1.29, 1.82) is 0 Å². The van der Waals surface area contributed by atoms with E-state index in [1.54, 1.807) is 42.5 Å². The molecule has 0 bridgehead atoms. The number of nitrogens with zero attached hydrogens (tertiary/aromatic N) is 1. The lowest BCUT2D eigenvalue weighted by Crippen LogP contribution is -2.12. The lowest BCUT2D eigenvalue weighted by Gasteiger charge is -2.09. The van der Waals surface area contributed by atoms with Gasteiger partial charge in [-0.05, 0) is 42.5 Å². The molecule has 3 aromatic rings. The lowest BCUT2D eigenvalue weighted by molar-refractivity contribution is 0.102. The number of hydrogen-bond acceptors (Lipinski definition) is 4. The fourth-order valence-electron chi connectivity index (χ4n) is 2.37. The van der Waals surface area contributed by atoms with Gasteiger partial charge in [-0.1, -0.05) is 12.1 Å².